The van der Waals surface area contributed by atoms with Gasteiger partial charge in [0, 0.05) is 48.6 Å². The van der Waals surface area contributed by atoms with Crippen molar-refractivity contribution in [2.75, 3.05) is 58.0 Å². The lowest BCUT2D eigenvalue weighted by molar-refractivity contribution is -0.300. The predicted octanol–water partition coefficient (Wildman–Crippen LogP) is 6.76. The van der Waals surface area contributed by atoms with Crippen LogP contribution in [0.1, 0.15) is 56.9 Å². The van der Waals surface area contributed by atoms with Crippen molar-refractivity contribution in [1.82, 2.24) is 19.9 Å². The molecule has 4 aliphatic rings. The third kappa shape index (κ3) is 6.55. The number of fused-ring (bicyclic) bond motifs is 3. The summed E-state index contributed by atoms with van der Waals surface area (Å²) < 4.78 is 90.3. The number of hydrogen-bond acceptors (Lipinski definition) is 10. The number of likely N-dealkylation sites (tertiary alicyclic amines) is 1. The van der Waals surface area contributed by atoms with Crippen LogP contribution in [0.25, 0.3) is 32.9 Å². The van der Waals surface area contributed by atoms with E-state index in [0.29, 0.717) is 50.5 Å². The molecule has 4 heterocycles. The number of terminal acetylenes is 1. The zero-order chi connectivity index (χ0) is 38.7. The maximum Gasteiger partial charge on any atom is 0.417 e. The number of pyridine rings is 1. The third-order valence-electron chi connectivity index (χ3n) is 12.1. The van der Waals surface area contributed by atoms with Gasteiger partial charge in [-0.2, -0.15) is 23.1 Å². The second-order valence-corrected chi connectivity index (χ2v) is 15.4. The Morgan fingerprint density at radius 2 is 1.82 bits per heavy atom. The average molecular weight is 768 g/mol. The maximum atomic E-state index is 17.2. The first-order valence-corrected chi connectivity index (χ1v) is 18.7. The van der Waals surface area contributed by atoms with Gasteiger partial charge in [-0.1, -0.05) is 18.4 Å². The number of piperidine rings is 1. The van der Waals surface area contributed by atoms with Crippen molar-refractivity contribution < 1.29 is 46.4 Å². The molecule has 4 fully saturated rings. The smallest absolute Gasteiger partial charge is 0.417 e. The molecule has 2 atom stereocenters. The SMILES string of the molecule is C#Cc1c(F)ccc2cc(O)cc(-c3nc(OC)c4c(N5CCCOCC5)nc(OC[C@]56CCC[C@H]5N(CC5CC(O)(C(F)(F)F)C5)CCC6)nc4c3F)c12. The number of aromatic hydroxyl groups is 1. The first-order valence-electron chi connectivity index (χ1n) is 18.7. The van der Waals surface area contributed by atoms with E-state index in [9.17, 15) is 23.4 Å². The zero-order valence-corrected chi connectivity index (χ0v) is 30.4. The molecule has 8 rings (SSSR count). The van der Waals surface area contributed by atoms with Crippen LogP contribution in [0, 0.1) is 35.3 Å². The number of methoxy groups -OCH3 is 1. The molecule has 0 radical (unpaired) electrons. The number of aliphatic hydroxyl groups is 1. The Morgan fingerprint density at radius 1 is 1.02 bits per heavy atom. The maximum absolute atomic E-state index is 17.2. The van der Waals surface area contributed by atoms with Gasteiger partial charge in [-0.05, 0) is 81.0 Å². The van der Waals surface area contributed by atoms with Gasteiger partial charge in [-0.15, -0.1) is 6.42 Å². The van der Waals surface area contributed by atoms with Gasteiger partial charge in [-0.3, -0.25) is 4.90 Å². The van der Waals surface area contributed by atoms with Crippen molar-refractivity contribution in [3.05, 3.63) is 41.5 Å². The normalized spacial score (nSPS) is 26.0. The molecule has 55 heavy (non-hydrogen) atoms. The molecule has 2 aliphatic carbocycles. The van der Waals surface area contributed by atoms with Gasteiger partial charge in [0.25, 0.3) is 0 Å². The van der Waals surface area contributed by atoms with Crippen LogP contribution in [-0.2, 0) is 4.74 Å². The fraction of sp³-hybridized carbons (Fsp3) is 0.525. The van der Waals surface area contributed by atoms with E-state index in [1.807, 2.05) is 4.90 Å². The van der Waals surface area contributed by atoms with Gasteiger partial charge in [0.1, 0.15) is 34.0 Å². The lowest BCUT2D eigenvalue weighted by atomic mass is 9.69. The van der Waals surface area contributed by atoms with Crippen molar-refractivity contribution in [1.29, 1.82) is 0 Å². The number of benzene rings is 2. The molecular weight excluding hydrogens is 725 g/mol. The summed E-state index contributed by atoms with van der Waals surface area (Å²) >= 11 is 0. The number of halogens is 5. The van der Waals surface area contributed by atoms with Crippen molar-refractivity contribution in [3.8, 4) is 41.2 Å². The summed E-state index contributed by atoms with van der Waals surface area (Å²) in [5, 5.41) is 21.5. The molecule has 2 saturated heterocycles. The number of ether oxygens (including phenoxy) is 3. The highest BCUT2D eigenvalue weighted by Gasteiger charge is 2.61. The van der Waals surface area contributed by atoms with Crippen molar-refractivity contribution in [2.45, 2.75) is 69.2 Å². The van der Waals surface area contributed by atoms with Gasteiger partial charge in [-0.25, -0.2) is 13.8 Å². The molecule has 2 N–H and O–H groups in total. The highest BCUT2D eigenvalue weighted by atomic mass is 19.4. The van der Waals surface area contributed by atoms with Gasteiger partial charge in [0.05, 0.1) is 25.9 Å². The summed E-state index contributed by atoms with van der Waals surface area (Å²) in [7, 11) is 1.39. The van der Waals surface area contributed by atoms with Crippen LogP contribution in [0.4, 0.5) is 27.8 Å². The molecule has 2 aromatic heterocycles. The van der Waals surface area contributed by atoms with Crippen LogP contribution in [0.3, 0.4) is 0 Å². The summed E-state index contributed by atoms with van der Waals surface area (Å²) in [6.45, 7) is 3.32. The fourth-order valence-corrected chi connectivity index (χ4v) is 9.46. The number of nitrogens with zero attached hydrogens (tertiary/aromatic N) is 5. The minimum Gasteiger partial charge on any atom is -0.508 e. The Bertz CT molecular complexity index is 2170. The Balaban J connectivity index is 1.18. The molecule has 0 amide bonds. The van der Waals surface area contributed by atoms with E-state index in [-0.39, 0.29) is 87.6 Å². The van der Waals surface area contributed by atoms with Crippen molar-refractivity contribution in [2.24, 2.45) is 11.3 Å². The van der Waals surface area contributed by atoms with Gasteiger partial charge in [0.2, 0.25) is 5.88 Å². The molecule has 0 spiro atoms. The van der Waals surface area contributed by atoms with Crippen molar-refractivity contribution in [3.63, 3.8) is 0 Å². The van der Waals surface area contributed by atoms with E-state index in [1.165, 1.54) is 31.4 Å². The van der Waals surface area contributed by atoms with E-state index in [0.717, 1.165) is 38.6 Å². The van der Waals surface area contributed by atoms with Gasteiger partial charge >= 0.3 is 12.2 Å². The number of hydrogen-bond donors (Lipinski definition) is 2. The zero-order valence-electron chi connectivity index (χ0n) is 30.4. The third-order valence-corrected chi connectivity index (χ3v) is 12.1. The molecule has 0 bridgehead atoms. The standard InChI is InChI=1S/C40H42F5N5O5/c1-3-26-28(41)9-8-24-17-25(51)18-27(30(24)26)33-32(42)34-31(36(46-33)53-2)35(49-13-6-15-54-16-14-49)48-37(47-34)55-22-38-10-4-7-29(38)50(12-5-11-38)21-23-19-39(52,20-23)40(43,44)45/h1,8-9,17-18,23,29,51-52H,4-7,10-16,19-22H2,2H3/t23?,29-,38-,39?/m1/s1. The van der Waals surface area contributed by atoms with E-state index in [1.54, 1.807) is 0 Å². The molecule has 2 aliphatic heterocycles. The lowest BCUT2D eigenvalue weighted by Gasteiger charge is -2.51. The van der Waals surface area contributed by atoms with Crippen LogP contribution >= 0.6 is 0 Å². The highest BCUT2D eigenvalue weighted by molar-refractivity contribution is 6.04. The van der Waals surface area contributed by atoms with Crippen LogP contribution in [0.15, 0.2) is 24.3 Å². The lowest BCUT2D eigenvalue weighted by Crippen LogP contribution is -2.59. The molecule has 10 nitrogen and oxygen atoms in total. The second-order valence-electron chi connectivity index (χ2n) is 15.4. The Hall–Kier alpha value is -4.52. The topological polar surface area (TPSA) is 113 Å². The number of anilines is 1. The number of alkyl halides is 3. The summed E-state index contributed by atoms with van der Waals surface area (Å²) in [4.78, 5) is 18.2. The number of phenols is 1. The molecule has 2 aromatic carbocycles. The number of aromatic nitrogens is 3. The Kier molecular flexibility index (Phi) is 9.66. The summed E-state index contributed by atoms with van der Waals surface area (Å²) in [6, 6.07) is 5.27. The number of rotatable bonds is 8. The fourth-order valence-electron chi connectivity index (χ4n) is 9.46. The summed E-state index contributed by atoms with van der Waals surface area (Å²) in [5.74, 6) is 0.643. The van der Waals surface area contributed by atoms with Crippen molar-refractivity contribution >= 4 is 27.5 Å². The summed E-state index contributed by atoms with van der Waals surface area (Å²) in [6.07, 6.45) is 5.42. The monoisotopic (exact) mass is 767 g/mol. The molecule has 4 aromatic rings. The molecule has 2 saturated carbocycles. The minimum atomic E-state index is -4.64. The van der Waals surface area contributed by atoms with Crippen LogP contribution in [0.2, 0.25) is 0 Å². The van der Waals surface area contributed by atoms with Crippen LogP contribution < -0.4 is 14.4 Å². The minimum absolute atomic E-state index is 0.000873. The quantitative estimate of drug-likeness (QED) is 0.147. The molecular formula is C40H42F5N5O5. The first-order chi connectivity index (χ1) is 26.3. The number of phenolic OH excluding ortho intramolecular Hbond substituents is 1. The largest absolute Gasteiger partial charge is 0.508 e. The van der Waals surface area contributed by atoms with Crippen LogP contribution in [-0.4, -0.2) is 101 Å². The summed E-state index contributed by atoms with van der Waals surface area (Å²) in [5.41, 5.74) is -3.45. The molecule has 15 heteroatoms. The first kappa shape index (κ1) is 37.4. The second kappa shape index (κ2) is 14.2. The van der Waals surface area contributed by atoms with E-state index in [2.05, 4.69) is 20.8 Å². The molecule has 0 unspecified atom stereocenters. The average Bonchev–Trinajstić information content (AvgIpc) is 3.40. The van der Waals surface area contributed by atoms with E-state index in [4.69, 9.17) is 25.6 Å². The predicted molar refractivity (Wildman–Crippen MR) is 194 cm³/mol. The van der Waals surface area contributed by atoms with Crippen LogP contribution in [0.5, 0.6) is 17.6 Å². The molecule has 292 valence electrons. The van der Waals surface area contributed by atoms with E-state index < -0.39 is 23.4 Å². The highest BCUT2D eigenvalue weighted by Crippen LogP contribution is 2.52. The Morgan fingerprint density at radius 3 is 2.58 bits per heavy atom. The van der Waals surface area contributed by atoms with E-state index >= 15 is 8.78 Å². The van der Waals surface area contributed by atoms with Gasteiger partial charge in [0.15, 0.2) is 11.4 Å². The Labute approximate surface area is 314 Å². The van der Waals surface area contributed by atoms with Gasteiger partial charge < -0.3 is 29.3 Å².